The van der Waals surface area contributed by atoms with Gasteiger partial charge in [0.2, 0.25) is 0 Å². The molecule has 0 unspecified atom stereocenters. The van der Waals surface area contributed by atoms with Gasteiger partial charge < -0.3 is 10.2 Å². The van der Waals surface area contributed by atoms with Crippen LogP contribution in [0.15, 0.2) is 66.7 Å². The van der Waals surface area contributed by atoms with E-state index in [-0.39, 0.29) is 11.6 Å². The molecule has 0 aromatic heterocycles. The quantitative estimate of drug-likeness (QED) is 0.691. The van der Waals surface area contributed by atoms with Crippen molar-refractivity contribution in [3.63, 3.8) is 0 Å². The third kappa shape index (κ3) is 4.34. The van der Waals surface area contributed by atoms with Crippen LogP contribution in [0.25, 0.3) is 10.8 Å². The minimum absolute atomic E-state index is 0.000232. The molecular weight excluding hydrogens is 365 g/mol. The van der Waals surface area contributed by atoms with Gasteiger partial charge >= 0.3 is 6.18 Å². The Morgan fingerprint density at radius 1 is 1.00 bits per heavy atom. The Labute approximate surface area is 161 Å². The summed E-state index contributed by atoms with van der Waals surface area (Å²) in [6.07, 6.45) is -4.48. The maximum atomic E-state index is 12.9. The normalized spacial score (nSPS) is 12.9. The summed E-state index contributed by atoms with van der Waals surface area (Å²) in [6, 6.07) is 18.5. The maximum absolute atomic E-state index is 12.9. The molecule has 6 heteroatoms. The number of fused-ring (bicyclic) bond motifs is 1. The summed E-state index contributed by atoms with van der Waals surface area (Å²) in [7, 11) is 3.98. The number of likely N-dealkylation sites (N-methyl/N-ethyl adjacent to an activating group) is 1. The highest BCUT2D eigenvalue weighted by molar-refractivity contribution is 5.94. The highest BCUT2D eigenvalue weighted by Crippen LogP contribution is 2.29. The summed E-state index contributed by atoms with van der Waals surface area (Å²) in [4.78, 5) is 13.6. The van der Waals surface area contributed by atoms with E-state index in [1.54, 1.807) is 0 Å². The lowest BCUT2D eigenvalue weighted by Gasteiger charge is -2.23. The van der Waals surface area contributed by atoms with Crippen LogP contribution in [0, 0.1) is 0 Å². The number of hydrogen-bond donors (Lipinski definition) is 2. The molecule has 146 valence electrons. The van der Waals surface area contributed by atoms with Crippen molar-refractivity contribution in [1.82, 2.24) is 5.32 Å². The van der Waals surface area contributed by atoms with Crippen LogP contribution in [0.3, 0.4) is 0 Å². The van der Waals surface area contributed by atoms with E-state index in [1.165, 1.54) is 12.1 Å². The van der Waals surface area contributed by atoms with Crippen molar-refractivity contribution in [2.45, 2.75) is 12.2 Å². The van der Waals surface area contributed by atoms with Gasteiger partial charge in [-0.25, -0.2) is 0 Å². The average Bonchev–Trinajstić information content (AvgIpc) is 2.67. The number of carbonyl (C=O) groups excluding carboxylic acids is 1. The van der Waals surface area contributed by atoms with Gasteiger partial charge in [-0.2, -0.15) is 13.2 Å². The largest absolute Gasteiger partial charge is 0.416 e. The van der Waals surface area contributed by atoms with Crippen LogP contribution >= 0.6 is 0 Å². The van der Waals surface area contributed by atoms with Crippen LogP contribution in [0.1, 0.15) is 27.5 Å². The van der Waals surface area contributed by atoms with E-state index >= 15 is 0 Å². The molecule has 0 spiro atoms. The zero-order chi connectivity index (χ0) is 20.3. The number of alkyl halides is 3. The predicted octanol–water partition coefficient (Wildman–Crippen LogP) is 3.47. The van der Waals surface area contributed by atoms with Crippen molar-refractivity contribution in [2.75, 3.05) is 20.6 Å². The second-order valence-electron chi connectivity index (χ2n) is 6.99. The molecule has 3 aromatic rings. The van der Waals surface area contributed by atoms with Crippen molar-refractivity contribution in [3.05, 3.63) is 83.4 Å². The molecule has 0 aliphatic rings. The second kappa shape index (κ2) is 8.02. The molecule has 0 aliphatic heterocycles. The van der Waals surface area contributed by atoms with E-state index in [0.29, 0.717) is 6.54 Å². The van der Waals surface area contributed by atoms with Gasteiger partial charge in [0, 0.05) is 11.1 Å². The first-order valence-corrected chi connectivity index (χ1v) is 9.00. The van der Waals surface area contributed by atoms with E-state index in [0.717, 1.165) is 33.4 Å². The van der Waals surface area contributed by atoms with E-state index < -0.39 is 17.6 Å². The summed E-state index contributed by atoms with van der Waals surface area (Å²) in [5.41, 5.74) is 0.256. The molecule has 0 radical (unpaired) electrons. The third-order valence-electron chi connectivity index (χ3n) is 4.81. The van der Waals surface area contributed by atoms with Crippen LogP contribution in [-0.4, -0.2) is 26.5 Å². The van der Waals surface area contributed by atoms with Crippen molar-refractivity contribution < 1.29 is 22.9 Å². The average molecular weight is 387 g/mol. The Hall–Kier alpha value is -2.86. The van der Waals surface area contributed by atoms with Gasteiger partial charge in [0.15, 0.2) is 0 Å². The van der Waals surface area contributed by atoms with E-state index in [9.17, 15) is 18.0 Å². The summed E-state index contributed by atoms with van der Waals surface area (Å²) in [5.74, 6) is -0.516. The lowest BCUT2D eigenvalue weighted by Crippen LogP contribution is -3.07. The Balaban J connectivity index is 1.82. The SMILES string of the molecule is C[NH+](C)[C@H](CNC(=O)c1cccc(C(F)(F)F)c1)c1cccc2ccccc12. The Morgan fingerprint density at radius 2 is 1.68 bits per heavy atom. The molecule has 2 N–H and O–H groups in total. The molecule has 1 amide bonds. The van der Waals surface area contributed by atoms with Crippen LogP contribution in [0.5, 0.6) is 0 Å². The van der Waals surface area contributed by atoms with Gasteiger partial charge in [0.25, 0.3) is 5.91 Å². The topological polar surface area (TPSA) is 33.5 Å². The maximum Gasteiger partial charge on any atom is 0.416 e. The molecule has 0 bridgehead atoms. The number of rotatable bonds is 5. The molecule has 3 nitrogen and oxygen atoms in total. The van der Waals surface area contributed by atoms with Crippen LogP contribution in [0.4, 0.5) is 13.2 Å². The third-order valence-corrected chi connectivity index (χ3v) is 4.81. The predicted molar refractivity (Wildman–Crippen MR) is 103 cm³/mol. The molecular formula is C22H22F3N2O+. The van der Waals surface area contributed by atoms with Crippen molar-refractivity contribution >= 4 is 16.7 Å². The van der Waals surface area contributed by atoms with Gasteiger partial charge in [-0.15, -0.1) is 0 Å². The number of nitrogens with one attached hydrogen (secondary N) is 2. The van der Waals surface area contributed by atoms with Crippen molar-refractivity contribution in [3.8, 4) is 0 Å². The lowest BCUT2D eigenvalue weighted by molar-refractivity contribution is -0.890. The van der Waals surface area contributed by atoms with Crippen LogP contribution < -0.4 is 10.2 Å². The molecule has 0 heterocycles. The van der Waals surface area contributed by atoms with E-state index in [1.807, 2.05) is 56.6 Å². The molecule has 0 fully saturated rings. The fourth-order valence-electron chi connectivity index (χ4n) is 3.31. The number of hydrogen-bond acceptors (Lipinski definition) is 1. The number of benzene rings is 3. The van der Waals surface area contributed by atoms with E-state index in [2.05, 4.69) is 5.32 Å². The van der Waals surface area contributed by atoms with Crippen molar-refractivity contribution in [2.24, 2.45) is 0 Å². The Morgan fingerprint density at radius 3 is 2.39 bits per heavy atom. The van der Waals surface area contributed by atoms with Gasteiger partial charge in [-0.3, -0.25) is 4.79 Å². The Kier molecular flexibility index (Phi) is 5.70. The summed E-state index contributed by atoms with van der Waals surface area (Å²) >= 11 is 0. The second-order valence-corrected chi connectivity index (χ2v) is 6.99. The number of carbonyl (C=O) groups is 1. The first-order valence-electron chi connectivity index (χ1n) is 9.00. The number of quaternary nitrogens is 1. The molecule has 3 rings (SSSR count). The summed E-state index contributed by atoms with van der Waals surface area (Å²) < 4.78 is 38.7. The van der Waals surface area contributed by atoms with Crippen LogP contribution in [-0.2, 0) is 6.18 Å². The minimum atomic E-state index is -4.48. The highest BCUT2D eigenvalue weighted by Gasteiger charge is 2.31. The zero-order valence-electron chi connectivity index (χ0n) is 15.7. The molecule has 0 saturated carbocycles. The number of halogens is 3. The molecule has 0 aliphatic carbocycles. The summed E-state index contributed by atoms with van der Waals surface area (Å²) in [5, 5.41) is 5.00. The lowest BCUT2D eigenvalue weighted by atomic mass is 9.98. The van der Waals surface area contributed by atoms with Gasteiger partial charge in [-0.1, -0.05) is 48.5 Å². The monoisotopic (exact) mass is 387 g/mol. The zero-order valence-corrected chi connectivity index (χ0v) is 15.7. The molecule has 0 saturated heterocycles. The van der Waals surface area contributed by atoms with Gasteiger partial charge in [0.1, 0.15) is 6.04 Å². The number of amides is 1. The fraction of sp³-hybridized carbons (Fsp3) is 0.227. The van der Waals surface area contributed by atoms with Crippen LogP contribution in [0.2, 0.25) is 0 Å². The minimum Gasteiger partial charge on any atom is -0.346 e. The molecule has 3 aromatic carbocycles. The first kappa shape index (κ1) is 19.9. The Bertz CT molecular complexity index is 977. The highest BCUT2D eigenvalue weighted by atomic mass is 19.4. The first-order chi connectivity index (χ1) is 13.3. The van der Waals surface area contributed by atoms with E-state index in [4.69, 9.17) is 0 Å². The fourth-order valence-corrected chi connectivity index (χ4v) is 3.31. The summed E-state index contributed by atoms with van der Waals surface area (Å²) in [6.45, 7) is 0.311. The van der Waals surface area contributed by atoms with Crippen molar-refractivity contribution in [1.29, 1.82) is 0 Å². The van der Waals surface area contributed by atoms with Gasteiger partial charge in [-0.05, 0) is 29.0 Å². The van der Waals surface area contributed by atoms with Gasteiger partial charge in [0.05, 0.1) is 26.2 Å². The molecule has 1 atom stereocenters. The molecule has 28 heavy (non-hydrogen) atoms. The smallest absolute Gasteiger partial charge is 0.346 e. The standard InChI is InChI=1S/C22H21F3N2O/c1-27(2)20(19-12-6-8-15-7-3-4-11-18(15)19)14-26-21(28)16-9-5-10-17(13-16)22(23,24)25/h3-13,20H,14H2,1-2H3,(H,26,28)/p+1/t20-/m1/s1.